The Hall–Kier alpha value is -2.73. The average Bonchev–Trinajstić information content (AvgIpc) is 2.85. The fraction of sp³-hybridized carbons (Fsp3) is 0.188. The molecule has 45 heavy (non-hydrogen) atoms. The molecule has 0 amide bonds. The number of halogens is 6. The molecular weight excluding hydrogens is 695 g/mol. The molecule has 13 heteroatoms. The summed E-state index contributed by atoms with van der Waals surface area (Å²) >= 11 is 0. The van der Waals surface area contributed by atoms with Gasteiger partial charge in [0.15, 0.2) is 0 Å². The molecule has 240 valence electrons. The van der Waals surface area contributed by atoms with Gasteiger partial charge in [-0.3, -0.25) is 9.98 Å². The number of para-hydroxylation sites is 2. The van der Waals surface area contributed by atoms with Crippen molar-refractivity contribution in [2.24, 2.45) is 9.98 Å². The van der Waals surface area contributed by atoms with Gasteiger partial charge in [-0.15, -0.1) is 24.8 Å². The third kappa shape index (κ3) is 12.5. The first-order chi connectivity index (χ1) is 19.5. The van der Waals surface area contributed by atoms with Crippen LogP contribution in [0.25, 0.3) is 0 Å². The van der Waals surface area contributed by atoms with E-state index in [9.17, 15) is 27.8 Å². The maximum absolute atomic E-state index is 13.1. The molecule has 4 aromatic rings. The fourth-order valence-corrected chi connectivity index (χ4v) is 6.96. The second-order valence-electron chi connectivity index (χ2n) is 11.8. The van der Waals surface area contributed by atoms with Crippen LogP contribution in [-0.2, 0) is 21.7 Å². The van der Waals surface area contributed by atoms with E-state index in [1.54, 1.807) is 12.1 Å². The normalized spacial score (nSPS) is 11.2. The van der Waals surface area contributed by atoms with Gasteiger partial charge in [-0.1, -0.05) is 63.5 Å². The smallest absolute Gasteiger partial charge is 0.128 e. The molecule has 0 aliphatic carbocycles. The summed E-state index contributed by atoms with van der Waals surface area (Å²) in [6.07, 6.45) is 2.85. The molecule has 0 spiro atoms. The first-order valence-electron chi connectivity index (χ1n) is 13.2. The number of hydrogen-bond donors (Lipinski definition) is 2. The van der Waals surface area contributed by atoms with Crippen LogP contribution in [0.2, 0.25) is 39.3 Å². The SMILES string of the molecule is C[Si](C)(C)c1cccc(C=Nc2cc(F)cc(F)c2)c1O.C[Si](C)(C)c1cccc(C=Nc2cc(F)cc(F)c2)c1O.Cl.Cl.[Ti]. The predicted molar refractivity (Wildman–Crippen MR) is 184 cm³/mol. The molecule has 0 unspecified atom stereocenters. The maximum atomic E-state index is 13.1. The second-order valence-corrected chi connectivity index (χ2v) is 21.8. The Labute approximate surface area is 291 Å². The number of aromatic hydroxyl groups is 2. The zero-order valence-corrected chi connectivity index (χ0v) is 30.9. The van der Waals surface area contributed by atoms with Gasteiger partial charge < -0.3 is 10.2 Å². The molecule has 4 aromatic carbocycles. The molecule has 0 saturated carbocycles. The van der Waals surface area contributed by atoms with Crippen molar-refractivity contribution < 1.29 is 49.5 Å². The van der Waals surface area contributed by atoms with Crippen LogP contribution >= 0.6 is 24.8 Å². The van der Waals surface area contributed by atoms with Crippen LogP contribution in [0.3, 0.4) is 0 Å². The van der Waals surface area contributed by atoms with Crippen molar-refractivity contribution in [1.82, 2.24) is 0 Å². The predicted octanol–water partition coefficient (Wildman–Crippen LogP) is 8.77. The van der Waals surface area contributed by atoms with Crippen LogP contribution in [-0.4, -0.2) is 38.8 Å². The topological polar surface area (TPSA) is 65.2 Å². The molecular formula is C32H36Cl2F4N2O2Si2Ti. The molecule has 0 fully saturated rings. The number of rotatable bonds is 6. The van der Waals surface area contributed by atoms with Crippen molar-refractivity contribution in [1.29, 1.82) is 0 Å². The minimum absolute atomic E-state index is 0. The van der Waals surface area contributed by atoms with Gasteiger partial charge in [-0.05, 0) is 46.8 Å². The molecule has 0 aromatic heterocycles. The van der Waals surface area contributed by atoms with Crippen molar-refractivity contribution >= 4 is 75.1 Å². The van der Waals surface area contributed by atoms with Gasteiger partial charge in [0.2, 0.25) is 0 Å². The van der Waals surface area contributed by atoms with Crippen molar-refractivity contribution in [3.63, 3.8) is 0 Å². The van der Waals surface area contributed by atoms with Crippen molar-refractivity contribution in [2.75, 3.05) is 0 Å². The largest absolute Gasteiger partial charge is 0.507 e. The monoisotopic (exact) mass is 730 g/mol. The number of phenols is 2. The molecule has 0 heterocycles. The van der Waals surface area contributed by atoms with Crippen LogP contribution < -0.4 is 10.4 Å². The van der Waals surface area contributed by atoms with E-state index in [4.69, 9.17) is 0 Å². The fourth-order valence-electron chi connectivity index (χ4n) is 4.06. The Bertz CT molecular complexity index is 1490. The minimum atomic E-state index is -1.67. The van der Waals surface area contributed by atoms with Gasteiger partial charge in [0.25, 0.3) is 0 Å². The molecule has 0 bridgehead atoms. The van der Waals surface area contributed by atoms with Gasteiger partial charge in [0.1, 0.15) is 34.8 Å². The molecule has 0 atom stereocenters. The molecule has 4 nitrogen and oxygen atoms in total. The van der Waals surface area contributed by atoms with E-state index < -0.39 is 39.4 Å². The summed E-state index contributed by atoms with van der Waals surface area (Å²) < 4.78 is 52.4. The molecule has 0 aliphatic rings. The number of nitrogens with zero attached hydrogens (tertiary/aromatic N) is 2. The van der Waals surface area contributed by atoms with Crippen LogP contribution in [0, 0.1) is 23.3 Å². The van der Waals surface area contributed by atoms with Crippen molar-refractivity contribution in [3.8, 4) is 11.5 Å². The summed E-state index contributed by atoms with van der Waals surface area (Å²) in [5.74, 6) is -2.33. The van der Waals surface area contributed by atoms with Gasteiger partial charge in [0, 0.05) is 57.4 Å². The minimum Gasteiger partial charge on any atom is -0.507 e. The Balaban J connectivity index is 0.000000807. The van der Waals surface area contributed by atoms with E-state index in [0.717, 1.165) is 46.8 Å². The summed E-state index contributed by atoms with van der Waals surface area (Å²) in [5.41, 5.74) is 1.43. The number of phenolic OH excluding ortho intramolecular Hbond substituents is 2. The van der Waals surface area contributed by atoms with E-state index in [2.05, 4.69) is 49.3 Å². The van der Waals surface area contributed by atoms with E-state index in [-0.39, 0.29) is 69.4 Å². The van der Waals surface area contributed by atoms with Gasteiger partial charge in [0.05, 0.1) is 27.5 Å². The zero-order valence-electron chi connectivity index (χ0n) is 25.7. The molecule has 0 aliphatic heterocycles. The van der Waals surface area contributed by atoms with E-state index in [1.807, 2.05) is 24.3 Å². The first-order valence-corrected chi connectivity index (χ1v) is 20.2. The van der Waals surface area contributed by atoms with Crippen LogP contribution in [0.1, 0.15) is 11.1 Å². The first kappa shape index (κ1) is 42.3. The standard InChI is InChI=1S/2C16H17F2NOSi.2ClH.Ti/c2*1-21(2,3)15-6-4-5-11(16(15)20)10-19-14-8-12(17)7-13(18)9-14;;;/h2*4-10,20H,1-3H3;2*1H;. The molecule has 0 saturated heterocycles. The van der Waals surface area contributed by atoms with Crippen LogP contribution in [0.15, 0.2) is 82.8 Å². The third-order valence-corrected chi connectivity index (χ3v) is 10.2. The van der Waals surface area contributed by atoms with E-state index in [1.165, 1.54) is 12.4 Å². The molecule has 4 rings (SSSR count). The Morgan fingerprint density at radius 3 is 1.09 bits per heavy atom. The molecule has 0 radical (unpaired) electrons. The summed E-state index contributed by atoms with van der Waals surface area (Å²) in [7, 11) is -3.33. The van der Waals surface area contributed by atoms with Gasteiger partial charge in [-0.25, -0.2) is 17.6 Å². The number of hydrogen-bond acceptors (Lipinski definition) is 4. The summed E-state index contributed by atoms with van der Waals surface area (Å²) in [6, 6.07) is 17.1. The van der Waals surface area contributed by atoms with Crippen molar-refractivity contribution in [2.45, 2.75) is 39.3 Å². The Morgan fingerprint density at radius 2 is 0.822 bits per heavy atom. The van der Waals surface area contributed by atoms with Gasteiger partial charge >= 0.3 is 0 Å². The Morgan fingerprint density at radius 1 is 0.533 bits per heavy atom. The number of aliphatic imine (C=N–C) groups is 2. The third-order valence-electron chi connectivity index (χ3n) is 6.15. The van der Waals surface area contributed by atoms with E-state index in [0.29, 0.717) is 11.1 Å². The second kappa shape index (κ2) is 17.8. The quantitative estimate of drug-likeness (QED) is 0.118. The average molecular weight is 732 g/mol. The summed E-state index contributed by atoms with van der Waals surface area (Å²) in [4.78, 5) is 8.07. The number of benzene rings is 4. The summed E-state index contributed by atoms with van der Waals surface area (Å²) in [5, 5.41) is 22.5. The maximum Gasteiger partial charge on any atom is 0.128 e. The Kier molecular flexibility index (Phi) is 16.7. The van der Waals surface area contributed by atoms with Gasteiger partial charge in [-0.2, -0.15) is 0 Å². The molecule has 2 N–H and O–H groups in total. The zero-order chi connectivity index (χ0) is 31.2. The van der Waals surface area contributed by atoms with Crippen LogP contribution in [0.4, 0.5) is 28.9 Å². The van der Waals surface area contributed by atoms with Crippen molar-refractivity contribution in [3.05, 3.63) is 107 Å². The summed E-state index contributed by atoms with van der Waals surface area (Å²) in [6.45, 7) is 12.8. The van der Waals surface area contributed by atoms with Crippen LogP contribution in [0.5, 0.6) is 11.5 Å². The van der Waals surface area contributed by atoms with E-state index >= 15 is 0 Å².